The number of esters is 1. The van der Waals surface area contributed by atoms with Crippen molar-refractivity contribution in [2.24, 2.45) is 11.8 Å². The molecule has 3 rings (SSSR count). The van der Waals surface area contributed by atoms with Crippen molar-refractivity contribution in [2.75, 3.05) is 0 Å². The molecule has 10 heteroatoms. The molecule has 1 aliphatic rings. The van der Waals surface area contributed by atoms with E-state index in [2.05, 4.69) is 17.4 Å². The van der Waals surface area contributed by atoms with Gasteiger partial charge in [0.15, 0.2) is 0 Å². The molecule has 1 saturated carbocycles. The van der Waals surface area contributed by atoms with Gasteiger partial charge in [-0.15, -0.1) is 0 Å². The van der Waals surface area contributed by atoms with Crippen molar-refractivity contribution in [3.63, 3.8) is 0 Å². The third-order valence-electron chi connectivity index (χ3n) is 6.25. The Labute approximate surface area is 209 Å². The lowest BCUT2D eigenvalue weighted by atomic mass is 9.80. The van der Waals surface area contributed by atoms with Crippen LogP contribution in [0.2, 0.25) is 0 Å². The molecule has 37 heavy (non-hydrogen) atoms. The van der Waals surface area contributed by atoms with Gasteiger partial charge in [0.05, 0.1) is 11.5 Å². The Morgan fingerprint density at radius 1 is 1.00 bits per heavy atom. The molecule has 3 nitrogen and oxygen atoms in total. The summed E-state index contributed by atoms with van der Waals surface area (Å²) in [5.41, 5.74) is -3.65. The summed E-state index contributed by atoms with van der Waals surface area (Å²) in [4.78, 5) is 12.5. The molecule has 0 heterocycles. The van der Waals surface area contributed by atoms with Crippen LogP contribution in [0.1, 0.15) is 51.0 Å². The molecule has 0 bridgehead atoms. The van der Waals surface area contributed by atoms with Crippen LogP contribution in [0.4, 0.5) is 30.7 Å². The standard InChI is InChI=1S/C27H25F7O3/c1-3-4-5-6-16-7-9-17(10-8-16)26(35)36-19-13-20(29)24(21(30)14-19)18-11-22(31)25(23(32)12-18)27(33,34)37-15(2)28/h3-4,11-14,16-17H,2,5-10H2,1H3/b4-3+. The normalized spacial score (nSPS) is 18.2. The zero-order valence-corrected chi connectivity index (χ0v) is 19.9. The van der Waals surface area contributed by atoms with E-state index in [1.165, 1.54) is 0 Å². The molecule has 0 atom stereocenters. The van der Waals surface area contributed by atoms with E-state index in [9.17, 15) is 35.5 Å². The SMILES string of the molecule is C=C(F)OC(F)(F)c1c(F)cc(-c2c(F)cc(OC(=O)C3CCC(CC/C=C/C)CC3)cc2F)cc1F. The van der Waals surface area contributed by atoms with Crippen LogP contribution in [0, 0.1) is 35.1 Å². The number of carbonyl (C=O) groups excluding carboxylic acids is 1. The van der Waals surface area contributed by atoms with E-state index >= 15 is 0 Å². The molecule has 2 aromatic rings. The maximum atomic E-state index is 14.7. The summed E-state index contributed by atoms with van der Waals surface area (Å²) in [6.07, 6.45) is 4.09. The average molecular weight is 530 g/mol. The highest BCUT2D eigenvalue weighted by Gasteiger charge is 2.42. The number of ether oxygens (including phenoxy) is 2. The molecule has 2 aromatic carbocycles. The van der Waals surface area contributed by atoms with Crippen molar-refractivity contribution >= 4 is 5.97 Å². The second kappa shape index (κ2) is 11.8. The molecular formula is C27H25F7O3. The highest BCUT2D eigenvalue weighted by Crippen LogP contribution is 2.39. The smallest absolute Gasteiger partial charge is 0.426 e. The Hall–Kier alpha value is -3.30. The van der Waals surface area contributed by atoms with Crippen LogP contribution < -0.4 is 4.74 Å². The number of carbonyl (C=O) groups is 1. The van der Waals surface area contributed by atoms with Crippen molar-refractivity contribution in [3.05, 3.63) is 77.8 Å². The topological polar surface area (TPSA) is 35.5 Å². The summed E-state index contributed by atoms with van der Waals surface area (Å²) < 4.78 is 107. The van der Waals surface area contributed by atoms with Crippen LogP contribution in [0.15, 0.2) is 49.0 Å². The first kappa shape index (κ1) is 28.3. The minimum absolute atomic E-state index is 0.249. The van der Waals surface area contributed by atoms with E-state index in [0.717, 1.165) is 25.7 Å². The number of halogens is 7. The molecule has 0 amide bonds. The lowest BCUT2D eigenvalue weighted by Gasteiger charge is -2.27. The first-order valence-corrected chi connectivity index (χ1v) is 11.7. The Kier molecular flexibility index (Phi) is 9.04. The zero-order valence-electron chi connectivity index (χ0n) is 19.9. The van der Waals surface area contributed by atoms with Crippen LogP contribution in [0.25, 0.3) is 11.1 Å². The predicted octanol–water partition coefficient (Wildman–Crippen LogP) is 8.48. The van der Waals surface area contributed by atoms with E-state index in [1.807, 2.05) is 13.0 Å². The van der Waals surface area contributed by atoms with Crippen molar-refractivity contribution in [2.45, 2.75) is 51.6 Å². The summed E-state index contributed by atoms with van der Waals surface area (Å²) in [6, 6.07) is -0.175. The van der Waals surface area contributed by atoms with Gasteiger partial charge in [-0.1, -0.05) is 12.2 Å². The van der Waals surface area contributed by atoms with Crippen LogP contribution in [0.3, 0.4) is 0 Å². The average Bonchev–Trinajstić information content (AvgIpc) is 2.77. The molecule has 0 N–H and O–H groups in total. The second-order valence-corrected chi connectivity index (χ2v) is 8.84. The van der Waals surface area contributed by atoms with Gasteiger partial charge < -0.3 is 9.47 Å². The summed E-state index contributed by atoms with van der Waals surface area (Å²) in [7, 11) is 0. The lowest BCUT2D eigenvalue weighted by molar-refractivity contribution is -0.238. The van der Waals surface area contributed by atoms with Gasteiger partial charge in [-0.05, 0) is 75.6 Å². The Morgan fingerprint density at radius 3 is 2.08 bits per heavy atom. The van der Waals surface area contributed by atoms with Gasteiger partial charge in [-0.2, -0.15) is 13.2 Å². The minimum atomic E-state index is -4.76. The van der Waals surface area contributed by atoms with Crippen LogP contribution >= 0.6 is 0 Å². The van der Waals surface area contributed by atoms with Crippen molar-refractivity contribution < 1.29 is 45.0 Å². The lowest BCUT2D eigenvalue weighted by Crippen LogP contribution is -2.25. The van der Waals surface area contributed by atoms with E-state index in [-0.39, 0.29) is 12.1 Å². The first-order chi connectivity index (χ1) is 17.4. The maximum Gasteiger partial charge on any atom is 0.434 e. The van der Waals surface area contributed by atoms with Crippen LogP contribution in [-0.4, -0.2) is 5.97 Å². The summed E-state index contributed by atoms with van der Waals surface area (Å²) >= 11 is 0. The van der Waals surface area contributed by atoms with Gasteiger partial charge >= 0.3 is 12.1 Å². The molecule has 1 aliphatic carbocycles. The third kappa shape index (κ3) is 6.93. The summed E-state index contributed by atoms with van der Waals surface area (Å²) in [6.45, 7) is 4.38. The molecule has 0 unspecified atom stereocenters. The van der Waals surface area contributed by atoms with Gasteiger partial charge in [0, 0.05) is 12.1 Å². The van der Waals surface area contributed by atoms with E-state index in [0.29, 0.717) is 30.9 Å². The highest BCUT2D eigenvalue weighted by atomic mass is 19.3. The molecule has 0 saturated heterocycles. The molecule has 200 valence electrons. The summed E-state index contributed by atoms with van der Waals surface area (Å²) in [5.74, 6) is -7.58. The number of rotatable bonds is 9. The Balaban J connectivity index is 1.75. The van der Waals surface area contributed by atoms with Crippen LogP contribution in [-0.2, 0) is 15.6 Å². The van der Waals surface area contributed by atoms with Gasteiger partial charge in [0.25, 0.3) is 6.01 Å². The van der Waals surface area contributed by atoms with Crippen molar-refractivity contribution in [1.29, 1.82) is 0 Å². The summed E-state index contributed by atoms with van der Waals surface area (Å²) in [5, 5.41) is 0. The van der Waals surface area contributed by atoms with Crippen LogP contribution in [0.5, 0.6) is 5.75 Å². The number of alkyl halides is 2. The number of hydrogen-bond acceptors (Lipinski definition) is 3. The van der Waals surface area contributed by atoms with Gasteiger partial charge in [-0.25, -0.2) is 17.6 Å². The fourth-order valence-corrected chi connectivity index (χ4v) is 4.46. The van der Waals surface area contributed by atoms with Crippen molar-refractivity contribution in [1.82, 2.24) is 0 Å². The molecule has 0 spiro atoms. The van der Waals surface area contributed by atoms with Crippen molar-refractivity contribution in [3.8, 4) is 16.9 Å². The van der Waals surface area contributed by atoms with E-state index in [4.69, 9.17) is 4.74 Å². The van der Waals surface area contributed by atoms with Gasteiger partial charge in [-0.3, -0.25) is 4.79 Å². The maximum absolute atomic E-state index is 14.7. The fraction of sp³-hybridized carbons (Fsp3) is 0.370. The second-order valence-electron chi connectivity index (χ2n) is 8.84. The Bertz CT molecular complexity index is 1140. The van der Waals surface area contributed by atoms with E-state index < -0.39 is 69.7 Å². The van der Waals surface area contributed by atoms with Gasteiger partial charge in [0.1, 0.15) is 34.6 Å². The molecular weight excluding hydrogens is 505 g/mol. The highest BCUT2D eigenvalue weighted by molar-refractivity contribution is 5.76. The monoisotopic (exact) mass is 530 g/mol. The third-order valence-corrected chi connectivity index (χ3v) is 6.25. The largest absolute Gasteiger partial charge is 0.434 e. The van der Waals surface area contributed by atoms with Gasteiger partial charge in [0.2, 0.25) is 0 Å². The first-order valence-electron chi connectivity index (χ1n) is 11.7. The Morgan fingerprint density at radius 2 is 1.57 bits per heavy atom. The number of allylic oxidation sites excluding steroid dienone is 2. The quantitative estimate of drug-likeness (QED) is 0.107. The van der Waals surface area contributed by atoms with E-state index in [1.54, 1.807) is 0 Å². The zero-order chi connectivity index (χ0) is 27.3. The predicted molar refractivity (Wildman–Crippen MR) is 122 cm³/mol. The number of hydrogen-bond donors (Lipinski definition) is 0. The minimum Gasteiger partial charge on any atom is -0.426 e. The number of benzene rings is 2. The molecule has 0 aliphatic heterocycles. The molecule has 1 fully saturated rings. The molecule has 0 radical (unpaired) electrons. The fourth-order valence-electron chi connectivity index (χ4n) is 4.46. The molecule has 0 aromatic heterocycles.